The first-order valence-corrected chi connectivity index (χ1v) is 7.09. The highest BCUT2D eigenvalue weighted by Crippen LogP contribution is 2.19. The average Bonchev–Trinajstić information content (AvgIpc) is 2.60. The van der Waals surface area contributed by atoms with Gasteiger partial charge in [-0.1, -0.05) is 19.1 Å². The third kappa shape index (κ3) is 3.39. The fraction of sp³-hybridized carbons (Fsp3) is 0.615. The lowest BCUT2D eigenvalue weighted by atomic mass is 10.2. The molecule has 2 N–H and O–H groups in total. The molecule has 0 amide bonds. The first-order chi connectivity index (χ1) is 9.11. The molecule has 0 radical (unpaired) electrons. The minimum atomic E-state index is 0.293. The van der Waals surface area contributed by atoms with E-state index in [0.29, 0.717) is 16.7 Å². The summed E-state index contributed by atoms with van der Waals surface area (Å²) < 4.78 is 0. The van der Waals surface area contributed by atoms with Crippen LogP contribution in [0.1, 0.15) is 25.5 Å². The summed E-state index contributed by atoms with van der Waals surface area (Å²) in [6, 6.07) is 0.484. The number of nitrogens with two attached hydrogens (primary N) is 1. The van der Waals surface area contributed by atoms with E-state index in [0.717, 1.165) is 38.3 Å². The number of anilines is 1. The van der Waals surface area contributed by atoms with Gasteiger partial charge in [0.25, 0.3) is 0 Å². The van der Waals surface area contributed by atoms with Gasteiger partial charge in [0.15, 0.2) is 0 Å². The molecule has 1 aliphatic heterocycles. The molecule has 1 aromatic rings. The Bertz CT molecular complexity index is 433. The van der Waals surface area contributed by atoms with Crippen LogP contribution in [0.3, 0.4) is 0 Å². The summed E-state index contributed by atoms with van der Waals surface area (Å²) in [5, 5.41) is 0. The molecule has 1 aliphatic rings. The second-order valence-electron chi connectivity index (χ2n) is 5.00. The SMILES string of the molecule is CCC1CN(C)CCCN1c1cnc(C(N)=S)cn1. The predicted octanol–water partition coefficient (Wildman–Crippen LogP) is 1.03. The van der Waals surface area contributed by atoms with Crippen molar-refractivity contribution in [2.75, 3.05) is 31.6 Å². The monoisotopic (exact) mass is 279 g/mol. The van der Waals surface area contributed by atoms with E-state index in [1.54, 1.807) is 12.4 Å². The Labute approximate surface area is 119 Å². The van der Waals surface area contributed by atoms with Crippen molar-refractivity contribution in [2.45, 2.75) is 25.8 Å². The zero-order valence-electron chi connectivity index (χ0n) is 11.5. The zero-order chi connectivity index (χ0) is 13.8. The summed E-state index contributed by atoms with van der Waals surface area (Å²) in [5.74, 6) is 0.919. The van der Waals surface area contributed by atoms with Crippen molar-refractivity contribution in [1.82, 2.24) is 14.9 Å². The molecule has 19 heavy (non-hydrogen) atoms. The second kappa shape index (κ2) is 6.25. The summed E-state index contributed by atoms with van der Waals surface area (Å²) in [4.78, 5) is 13.8. The topological polar surface area (TPSA) is 58.3 Å². The van der Waals surface area contributed by atoms with Crippen molar-refractivity contribution in [3.05, 3.63) is 18.1 Å². The summed E-state index contributed by atoms with van der Waals surface area (Å²) in [6.45, 7) is 5.43. The minimum Gasteiger partial charge on any atom is -0.388 e. The number of hydrogen-bond donors (Lipinski definition) is 1. The summed E-state index contributed by atoms with van der Waals surface area (Å²) in [7, 11) is 2.17. The Morgan fingerprint density at radius 2 is 2.21 bits per heavy atom. The third-order valence-electron chi connectivity index (χ3n) is 3.56. The van der Waals surface area contributed by atoms with Crippen molar-refractivity contribution < 1.29 is 0 Å². The Hall–Kier alpha value is -1.27. The molecule has 1 aromatic heterocycles. The highest BCUT2D eigenvalue weighted by Gasteiger charge is 2.23. The molecule has 0 spiro atoms. The number of nitrogens with zero attached hydrogens (tertiary/aromatic N) is 4. The van der Waals surface area contributed by atoms with Crippen LogP contribution >= 0.6 is 12.2 Å². The van der Waals surface area contributed by atoms with Crippen molar-refractivity contribution >= 4 is 23.0 Å². The average molecular weight is 279 g/mol. The largest absolute Gasteiger partial charge is 0.388 e. The molecule has 1 fully saturated rings. The molecule has 6 heteroatoms. The number of hydrogen-bond acceptors (Lipinski definition) is 5. The molecule has 2 heterocycles. The molecule has 0 aromatic carbocycles. The highest BCUT2D eigenvalue weighted by atomic mass is 32.1. The van der Waals surface area contributed by atoms with Crippen LogP contribution in [0.2, 0.25) is 0 Å². The van der Waals surface area contributed by atoms with E-state index in [1.165, 1.54) is 0 Å². The van der Waals surface area contributed by atoms with Gasteiger partial charge in [-0.25, -0.2) is 9.97 Å². The van der Waals surface area contributed by atoms with Crippen LogP contribution in [0.15, 0.2) is 12.4 Å². The first-order valence-electron chi connectivity index (χ1n) is 6.69. The van der Waals surface area contributed by atoms with Gasteiger partial charge in [0.1, 0.15) is 16.5 Å². The lowest BCUT2D eigenvalue weighted by Crippen LogP contribution is -2.40. The molecular formula is C13H21N5S. The smallest absolute Gasteiger partial charge is 0.147 e. The van der Waals surface area contributed by atoms with Crippen LogP contribution < -0.4 is 10.6 Å². The van der Waals surface area contributed by atoms with Gasteiger partial charge in [0.05, 0.1) is 12.4 Å². The van der Waals surface area contributed by atoms with Gasteiger partial charge < -0.3 is 15.5 Å². The Kier molecular flexibility index (Phi) is 4.66. The van der Waals surface area contributed by atoms with E-state index >= 15 is 0 Å². The van der Waals surface area contributed by atoms with Crippen LogP contribution in [0, 0.1) is 0 Å². The zero-order valence-corrected chi connectivity index (χ0v) is 12.4. The maximum absolute atomic E-state index is 5.55. The molecular weight excluding hydrogens is 258 g/mol. The molecule has 1 saturated heterocycles. The maximum atomic E-state index is 5.55. The highest BCUT2D eigenvalue weighted by molar-refractivity contribution is 7.80. The van der Waals surface area contributed by atoms with Crippen LogP contribution in [0.25, 0.3) is 0 Å². The molecule has 0 aliphatic carbocycles. The molecule has 0 bridgehead atoms. The number of aromatic nitrogens is 2. The van der Waals surface area contributed by atoms with Crippen molar-refractivity contribution in [1.29, 1.82) is 0 Å². The lowest BCUT2D eigenvalue weighted by molar-refractivity contribution is 0.327. The molecule has 0 saturated carbocycles. The standard InChI is InChI=1S/C13H21N5S/c1-3-10-9-17(2)5-4-6-18(10)12-8-15-11(7-16-12)13(14)19/h7-8,10H,3-6,9H2,1-2H3,(H2,14,19). The van der Waals surface area contributed by atoms with E-state index in [-0.39, 0.29) is 0 Å². The van der Waals surface area contributed by atoms with Gasteiger partial charge in [0, 0.05) is 19.1 Å². The fourth-order valence-corrected chi connectivity index (χ4v) is 2.60. The maximum Gasteiger partial charge on any atom is 0.147 e. The van der Waals surface area contributed by atoms with Gasteiger partial charge >= 0.3 is 0 Å². The van der Waals surface area contributed by atoms with Crippen LogP contribution in [0.4, 0.5) is 5.82 Å². The van der Waals surface area contributed by atoms with Crippen molar-refractivity contribution in [2.24, 2.45) is 5.73 Å². The summed E-state index contributed by atoms with van der Waals surface area (Å²) in [6.07, 6.45) is 5.69. The summed E-state index contributed by atoms with van der Waals surface area (Å²) >= 11 is 4.90. The molecule has 1 atom stereocenters. The van der Waals surface area contributed by atoms with Crippen molar-refractivity contribution in [3.8, 4) is 0 Å². The minimum absolute atomic E-state index is 0.293. The van der Waals surface area contributed by atoms with Gasteiger partial charge in [-0.05, 0) is 26.4 Å². The van der Waals surface area contributed by atoms with Crippen LogP contribution in [-0.2, 0) is 0 Å². The molecule has 5 nitrogen and oxygen atoms in total. The number of thiocarbonyl (C=S) groups is 1. The lowest BCUT2D eigenvalue weighted by Gasteiger charge is -2.30. The molecule has 1 unspecified atom stereocenters. The van der Waals surface area contributed by atoms with Gasteiger partial charge in [-0.2, -0.15) is 0 Å². The third-order valence-corrected chi connectivity index (χ3v) is 3.77. The second-order valence-corrected chi connectivity index (χ2v) is 5.44. The Morgan fingerprint density at radius 3 is 2.79 bits per heavy atom. The van der Waals surface area contributed by atoms with E-state index in [1.807, 2.05) is 0 Å². The molecule has 2 rings (SSSR count). The quantitative estimate of drug-likeness (QED) is 0.834. The summed E-state index contributed by atoms with van der Waals surface area (Å²) in [5.41, 5.74) is 6.13. The predicted molar refractivity (Wildman–Crippen MR) is 81.5 cm³/mol. The number of likely N-dealkylation sites (N-methyl/N-ethyl adjacent to an activating group) is 1. The van der Waals surface area contributed by atoms with E-state index in [4.69, 9.17) is 18.0 Å². The van der Waals surface area contributed by atoms with E-state index < -0.39 is 0 Å². The molecule has 104 valence electrons. The van der Waals surface area contributed by atoms with Crippen LogP contribution in [0.5, 0.6) is 0 Å². The fourth-order valence-electron chi connectivity index (χ4n) is 2.49. The Balaban J connectivity index is 2.20. The van der Waals surface area contributed by atoms with Gasteiger partial charge in [-0.15, -0.1) is 0 Å². The van der Waals surface area contributed by atoms with Gasteiger partial charge in [-0.3, -0.25) is 0 Å². The Morgan fingerprint density at radius 1 is 1.42 bits per heavy atom. The first kappa shape index (κ1) is 14.1. The van der Waals surface area contributed by atoms with E-state index in [2.05, 4.69) is 33.7 Å². The van der Waals surface area contributed by atoms with Gasteiger partial charge in [0.2, 0.25) is 0 Å². The van der Waals surface area contributed by atoms with Crippen molar-refractivity contribution in [3.63, 3.8) is 0 Å². The van der Waals surface area contributed by atoms with Crippen LogP contribution in [-0.4, -0.2) is 52.6 Å². The number of rotatable bonds is 3. The van der Waals surface area contributed by atoms with E-state index in [9.17, 15) is 0 Å². The normalized spacial score (nSPS) is 21.2.